The van der Waals surface area contributed by atoms with Gasteiger partial charge in [-0.1, -0.05) is 61.5 Å². The Labute approximate surface area is 225 Å². The van der Waals surface area contributed by atoms with Crippen molar-refractivity contribution in [1.29, 1.82) is 0 Å². The number of thioether (sulfide) groups is 1. The van der Waals surface area contributed by atoms with Crippen LogP contribution in [0.5, 0.6) is 0 Å². The van der Waals surface area contributed by atoms with Crippen molar-refractivity contribution in [3.8, 4) is 0 Å². The number of hydrogen-bond donors (Lipinski definition) is 0. The summed E-state index contributed by atoms with van der Waals surface area (Å²) in [5.74, 6) is 0.507. The van der Waals surface area contributed by atoms with Crippen LogP contribution in [0.15, 0.2) is 88.8 Å². The molecule has 3 aromatic carbocycles. The molecule has 1 atom stereocenters. The van der Waals surface area contributed by atoms with Gasteiger partial charge in [-0.25, -0.2) is 4.99 Å². The molecule has 0 spiro atoms. The number of nitrogens with zero attached hydrogens (tertiary/aromatic N) is 3. The minimum absolute atomic E-state index is 0.0387. The number of fused-ring (bicyclic) bond motifs is 1. The molecule has 5 heteroatoms. The third-order valence-electron chi connectivity index (χ3n) is 7.51. The zero-order chi connectivity index (χ0) is 26.0. The van der Waals surface area contributed by atoms with E-state index in [2.05, 4.69) is 75.2 Å². The van der Waals surface area contributed by atoms with E-state index in [0.717, 1.165) is 40.6 Å². The molecule has 0 aliphatic carbocycles. The highest BCUT2D eigenvalue weighted by molar-refractivity contribution is 8.18. The smallest absolute Gasteiger partial charge is 0.266 e. The summed E-state index contributed by atoms with van der Waals surface area (Å²) in [6.07, 6.45) is 4.96. The lowest BCUT2D eigenvalue weighted by molar-refractivity contribution is -0.122. The standard InChI is InChI=1S/C32H35N3OS/c1-23-22-32(2,3)34(4)28-18-17-25(20-27(23)28)21-29-30(36)35(19-11-14-24-12-7-5-8-13-24)31(37-29)33-26-15-9-6-10-16-26/h5-10,12-13,15-18,20-21,23H,11,14,19,22H2,1-4H3/b29-21+,33-31?. The van der Waals surface area contributed by atoms with Crippen molar-refractivity contribution in [3.05, 3.63) is 100 Å². The van der Waals surface area contributed by atoms with Gasteiger partial charge in [0, 0.05) is 24.8 Å². The van der Waals surface area contributed by atoms with Crippen LogP contribution < -0.4 is 4.90 Å². The molecule has 190 valence electrons. The zero-order valence-corrected chi connectivity index (χ0v) is 23.0. The molecule has 5 rings (SSSR count). The molecule has 0 aromatic heterocycles. The van der Waals surface area contributed by atoms with Gasteiger partial charge in [-0.3, -0.25) is 9.69 Å². The fourth-order valence-corrected chi connectivity index (χ4v) is 6.35. The van der Waals surface area contributed by atoms with Crippen molar-refractivity contribution in [3.63, 3.8) is 0 Å². The fraction of sp³-hybridized carbons (Fsp3) is 0.312. The summed E-state index contributed by atoms with van der Waals surface area (Å²) in [5, 5.41) is 0.753. The van der Waals surface area contributed by atoms with Gasteiger partial charge in [0.15, 0.2) is 5.17 Å². The first kappa shape index (κ1) is 25.3. The van der Waals surface area contributed by atoms with Crippen molar-refractivity contribution < 1.29 is 4.79 Å². The number of benzene rings is 3. The second-order valence-electron chi connectivity index (χ2n) is 10.7. The molecule has 37 heavy (non-hydrogen) atoms. The molecule has 1 fully saturated rings. The van der Waals surface area contributed by atoms with Crippen molar-refractivity contribution in [2.45, 2.75) is 51.5 Å². The Bertz CT molecular complexity index is 1330. The van der Waals surface area contributed by atoms with Gasteiger partial charge in [-0.2, -0.15) is 0 Å². The van der Waals surface area contributed by atoms with Crippen LogP contribution in [-0.2, 0) is 11.2 Å². The second-order valence-corrected chi connectivity index (χ2v) is 11.7. The first-order valence-electron chi connectivity index (χ1n) is 13.1. The van der Waals surface area contributed by atoms with E-state index in [0.29, 0.717) is 12.5 Å². The van der Waals surface area contributed by atoms with E-state index in [-0.39, 0.29) is 11.4 Å². The van der Waals surface area contributed by atoms with Crippen molar-refractivity contribution in [2.75, 3.05) is 18.5 Å². The molecule has 2 heterocycles. The summed E-state index contributed by atoms with van der Waals surface area (Å²) in [5.41, 5.74) is 5.98. The lowest BCUT2D eigenvalue weighted by atomic mass is 9.80. The summed E-state index contributed by atoms with van der Waals surface area (Å²) in [4.78, 5) is 23.4. The third-order valence-corrected chi connectivity index (χ3v) is 8.52. The van der Waals surface area contributed by atoms with Gasteiger partial charge in [0.05, 0.1) is 10.6 Å². The summed E-state index contributed by atoms with van der Waals surface area (Å²) in [7, 11) is 2.18. The zero-order valence-electron chi connectivity index (χ0n) is 22.1. The molecule has 1 unspecified atom stereocenters. The maximum atomic E-state index is 13.6. The number of carbonyl (C=O) groups is 1. The summed E-state index contributed by atoms with van der Waals surface area (Å²) >= 11 is 1.48. The Kier molecular flexibility index (Phi) is 7.25. The molecular weight excluding hydrogens is 474 g/mol. The van der Waals surface area contributed by atoms with E-state index in [4.69, 9.17) is 4.99 Å². The Morgan fingerprint density at radius 2 is 1.73 bits per heavy atom. The molecule has 3 aromatic rings. The quantitative estimate of drug-likeness (QED) is 0.320. The average Bonchev–Trinajstić information content (AvgIpc) is 3.17. The van der Waals surface area contributed by atoms with E-state index in [1.807, 2.05) is 47.4 Å². The lowest BCUT2D eigenvalue weighted by Gasteiger charge is -2.45. The van der Waals surface area contributed by atoms with Gasteiger partial charge in [-0.05, 0) is 97.8 Å². The number of rotatable bonds is 6. The average molecular weight is 510 g/mol. The van der Waals surface area contributed by atoms with Crippen LogP contribution in [0.2, 0.25) is 0 Å². The second kappa shape index (κ2) is 10.6. The third kappa shape index (κ3) is 5.52. The van der Waals surface area contributed by atoms with Crippen molar-refractivity contribution >= 4 is 40.3 Å². The number of anilines is 1. The molecule has 0 bridgehead atoms. The highest BCUT2D eigenvalue weighted by Gasteiger charge is 2.35. The molecule has 2 aliphatic heterocycles. The maximum Gasteiger partial charge on any atom is 0.266 e. The minimum Gasteiger partial charge on any atom is -0.369 e. The Hall–Kier alpha value is -3.31. The topological polar surface area (TPSA) is 35.9 Å². The van der Waals surface area contributed by atoms with Crippen LogP contribution >= 0.6 is 11.8 Å². The molecule has 0 saturated carbocycles. The predicted molar refractivity (Wildman–Crippen MR) is 158 cm³/mol. The van der Waals surface area contributed by atoms with Crippen molar-refractivity contribution in [1.82, 2.24) is 4.90 Å². The number of aliphatic imine (C=N–C) groups is 1. The van der Waals surface area contributed by atoms with Gasteiger partial charge in [-0.15, -0.1) is 0 Å². The number of amidine groups is 1. The maximum absolute atomic E-state index is 13.6. The van der Waals surface area contributed by atoms with Crippen molar-refractivity contribution in [2.24, 2.45) is 4.99 Å². The summed E-state index contributed by atoms with van der Waals surface area (Å²) in [6.45, 7) is 7.55. The number of para-hydroxylation sites is 1. The van der Waals surface area contributed by atoms with Crippen LogP contribution in [0.4, 0.5) is 11.4 Å². The minimum atomic E-state index is 0.0387. The Morgan fingerprint density at radius 3 is 2.46 bits per heavy atom. The lowest BCUT2D eigenvalue weighted by Crippen LogP contribution is -2.45. The molecule has 2 aliphatic rings. The number of hydrogen-bond acceptors (Lipinski definition) is 4. The van der Waals surface area contributed by atoms with Crippen LogP contribution in [0.1, 0.15) is 56.2 Å². The normalized spacial score (nSPS) is 21.1. The fourth-order valence-electron chi connectivity index (χ4n) is 5.32. The van der Waals surface area contributed by atoms with Crippen LogP contribution in [0, 0.1) is 0 Å². The molecule has 1 saturated heterocycles. The summed E-state index contributed by atoms with van der Waals surface area (Å²) in [6, 6.07) is 26.9. The summed E-state index contributed by atoms with van der Waals surface area (Å²) < 4.78 is 0. The number of aryl methyl sites for hydroxylation is 1. The SMILES string of the molecule is CC1CC(C)(C)N(C)c2ccc(/C=C3/SC(=Nc4ccccc4)N(CCCc4ccccc4)C3=O)cc21. The first-order chi connectivity index (χ1) is 17.8. The molecule has 0 radical (unpaired) electrons. The van der Waals surface area contributed by atoms with E-state index in [9.17, 15) is 4.79 Å². The largest absolute Gasteiger partial charge is 0.369 e. The number of amides is 1. The van der Waals surface area contributed by atoms with Gasteiger partial charge in [0.2, 0.25) is 0 Å². The predicted octanol–water partition coefficient (Wildman–Crippen LogP) is 7.65. The Balaban J connectivity index is 1.41. The molecule has 4 nitrogen and oxygen atoms in total. The molecule has 0 N–H and O–H groups in total. The highest BCUT2D eigenvalue weighted by Crippen LogP contribution is 2.43. The van der Waals surface area contributed by atoms with E-state index in [1.54, 1.807) is 0 Å². The van der Waals surface area contributed by atoms with E-state index >= 15 is 0 Å². The van der Waals surface area contributed by atoms with Crippen LogP contribution in [0.25, 0.3) is 6.08 Å². The van der Waals surface area contributed by atoms with E-state index < -0.39 is 0 Å². The molecule has 1 amide bonds. The van der Waals surface area contributed by atoms with Gasteiger partial charge >= 0.3 is 0 Å². The van der Waals surface area contributed by atoms with Gasteiger partial charge in [0.25, 0.3) is 5.91 Å². The number of carbonyl (C=O) groups excluding carboxylic acids is 1. The Morgan fingerprint density at radius 1 is 1.03 bits per heavy atom. The van der Waals surface area contributed by atoms with Gasteiger partial charge in [0.1, 0.15) is 0 Å². The van der Waals surface area contributed by atoms with Crippen LogP contribution in [0.3, 0.4) is 0 Å². The monoisotopic (exact) mass is 509 g/mol. The van der Waals surface area contributed by atoms with Crippen LogP contribution in [-0.4, -0.2) is 35.1 Å². The van der Waals surface area contributed by atoms with E-state index in [1.165, 1.54) is 28.6 Å². The first-order valence-corrected chi connectivity index (χ1v) is 13.9. The van der Waals surface area contributed by atoms with Gasteiger partial charge < -0.3 is 4.90 Å². The highest BCUT2D eigenvalue weighted by atomic mass is 32.2. The molecular formula is C32H35N3OS.